The summed E-state index contributed by atoms with van der Waals surface area (Å²) in [6.07, 6.45) is 6.32. The van der Waals surface area contributed by atoms with Crippen molar-refractivity contribution < 1.29 is 4.74 Å². The van der Waals surface area contributed by atoms with Crippen molar-refractivity contribution in [3.05, 3.63) is 18.0 Å². The van der Waals surface area contributed by atoms with Crippen LogP contribution in [0.25, 0.3) is 0 Å². The van der Waals surface area contributed by atoms with Crippen LogP contribution in [0.4, 0.5) is 0 Å². The van der Waals surface area contributed by atoms with E-state index in [-0.39, 0.29) is 6.10 Å². The summed E-state index contributed by atoms with van der Waals surface area (Å²) >= 11 is 5.91. The Balaban J connectivity index is 2.07. The molecule has 2 heterocycles. The summed E-state index contributed by atoms with van der Waals surface area (Å²) in [6, 6.07) is 0. The first-order valence-electron chi connectivity index (χ1n) is 5.55. The van der Waals surface area contributed by atoms with E-state index in [1.165, 1.54) is 5.56 Å². The second kappa shape index (κ2) is 4.99. The highest BCUT2D eigenvalue weighted by Crippen LogP contribution is 2.34. The smallest absolute Gasteiger partial charge is 0.0895 e. The van der Waals surface area contributed by atoms with Gasteiger partial charge in [-0.25, -0.2) is 0 Å². The van der Waals surface area contributed by atoms with Gasteiger partial charge in [0.05, 0.1) is 12.3 Å². The highest BCUT2D eigenvalue weighted by atomic mass is 35.5. The average Bonchev–Trinajstić information content (AvgIpc) is 2.84. The Hall–Kier alpha value is -0.540. The third-order valence-electron chi connectivity index (χ3n) is 2.85. The minimum absolute atomic E-state index is 0.160. The fourth-order valence-electron chi connectivity index (χ4n) is 2.04. The van der Waals surface area contributed by atoms with Gasteiger partial charge in [-0.05, 0) is 12.8 Å². The van der Waals surface area contributed by atoms with Crippen LogP contribution < -0.4 is 0 Å². The molecular formula is C11H17ClN2O. The molecule has 2 rings (SSSR count). The molecule has 0 aliphatic carbocycles. The van der Waals surface area contributed by atoms with Crippen molar-refractivity contribution in [2.75, 3.05) is 12.5 Å². The van der Waals surface area contributed by atoms with Crippen molar-refractivity contribution in [1.82, 2.24) is 9.78 Å². The predicted octanol–water partition coefficient (Wildman–Crippen LogP) is 2.61. The molecule has 2 unspecified atom stereocenters. The number of hydrogen-bond acceptors (Lipinski definition) is 2. The maximum atomic E-state index is 5.91. The Kier molecular flexibility index (Phi) is 3.65. The molecule has 1 saturated heterocycles. The summed E-state index contributed by atoms with van der Waals surface area (Å²) in [5.41, 5.74) is 1.17. The third kappa shape index (κ3) is 2.34. The van der Waals surface area contributed by atoms with Crippen LogP contribution in [0.1, 0.15) is 31.4 Å². The van der Waals surface area contributed by atoms with Crippen LogP contribution in [0.3, 0.4) is 0 Å². The lowest BCUT2D eigenvalue weighted by molar-refractivity contribution is 0.0951. The molecule has 1 aliphatic heterocycles. The first-order valence-corrected chi connectivity index (χ1v) is 6.08. The van der Waals surface area contributed by atoms with E-state index in [2.05, 4.69) is 18.2 Å². The maximum Gasteiger partial charge on any atom is 0.0895 e. The normalized spacial score (nSPS) is 26.0. The summed E-state index contributed by atoms with van der Waals surface area (Å²) in [5, 5.41) is 4.31. The van der Waals surface area contributed by atoms with Gasteiger partial charge in [0, 0.05) is 36.7 Å². The largest absolute Gasteiger partial charge is 0.373 e. The fraction of sp³-hybridized carbons (Fsp3) is 0.727. The number of hydrogen-bond donors (Lipinski definition) is 0. The molecule has 0 spiro atoms. The monoisotopic (exact) mass is 228 g/mol. The van der Waals surface area contributed by atoms with Gasteiger partial charge in [-0.3, -0.25) is 4.68 Å². The van der Waals surface area contributed by atoms with E-state index in [1.54, 1.807) is 0 Å². The van der Waals surface area contributed by atoms with E-state index < -0.39 is 0 Å². The Morgan fingerprint density at radius 3 is 3.27 bits per heavy atom. The maximum absolute atomic E-state index is 5.91. The van der Waals surface area contributed by atoms with Gasteiger partial charge in [0.2, 0.25) is 0 Å². The molecule has 0 bridgehead atoms. The number of rotatable bonds is 4. The number of aromatic nitrogens is 2. The lowest BCUT2D eigenvalue weighted by Crippen LogP contribution is -2.08. The summed E-state index contributed by atoms with van der Waals surface area (Å²) in [4.78, 5) is 0. The Morgan fingerprint density at radius 1 is 1.67 bits per heavy atom. The number of aryl methyl sites for hydroxylation is 1. The molecule has 3 nitrogen and oxygen atoms in total. The average molecular weight is 229 g/mol. The fourth-order valence-corrected chi connectivity index (χ4v) is 2.35. The van der Waals surface area contributed by atoms with Crippen molar-refractivity contribution in [3.8, 4) is 0 Å². The molecule has 4 heteroatoms. The minimum Gasteiger partial charge on any atom is -0.373 e. The SMILES string of the molecule is CCCn1cc(C2OCCC2CCl)cn1. The molecule has 0 N–H and O–H groups in total. The molecule has 1 aliphatic rings. The van der Waals surface area contributed by atoms with Crippen molar-refractivity contribution in [1.29, 1.82) is 0 Å². The van der Waals surface area contributed by atoms with Crippen LogP contribution in [-0.4, -0.2) is 22.3 Å². The van der Waals surface area contributed by atoms with Gasteiger partial charge in [-0.1, -0.05) is 6.92 Å². The molecule has 0 radical (unpaired) electrons. The van der Waals surface area contributed by atoms with Crippen LogP contribution in [0.2, 0.25) is 0 Å². The topological polar surface area (TPSA) is 27.1 Å². The molecule has 0 saturated carbocycles. The first-order chi connectivity index (χ1) is 7.35. The molecule has 1 fully saturated rings. The second-order valence-electron chi connectivity index (χ2n) is 4.03. The van der Waals surface area contributed by atoms with Crippen LogP contribution in [-0.2, 0) is 11.3 Å². The zero-order valence-corrected chi connectivity index (χ0v) is 9.78. The van der Waals surface area contributed by atoms with Crippen molar-refractivity contribution in [3.63, 3.8) is 0 Å². The molecule has 1 aromatic rings. The predicted molar refractivity (Wildman–Crippen MR) is 60.0 cm³/mol. The van der Waals surface area contributed by atoms with Crippen molar-refractivity contribution in [2.45, 2.75) is 32.4 Å². The van der Waals surface area contributed by atoms with Gasteiger partial charge in [-0.15, -0.1) is 11.6 Å². The highest BCUT2D eigenvalue weighted by Gasteiger charge is 2.29. The van der Waals surface area contributed by atoms with Gasteiger partial charge in [-0.2, -0.15) is 5.10 Å². The van der Waals surface area contributed by atoms with Crippen molar-refractivity contribution >= 4 is 11.6 Å². The summed E-state index contributed by atoms with van der Waals surface area (Å²) in [6.45, 7) is 3.94. The van der Waals surface area contributed by atoms with E-state index in [0.29, 0.717) is 11.8 Å². The zero-order chi connectivity index (χ0) is 10.7. The molecule has 1 aromatic heterocycles. The van der Waals surface area contributed by atoms with E-state index in [1.807, 2.05) is 10.9 Å². The third-order valence-corrected chi connectivity index (χ3v) is 3.24. The Labute approximate surface area is 95.4 Å². The number of nitrogens with zero attached hydrogens (tertiary/aromatic N) is 2. The van der Waals surface area contributed by atoms with Gasteiger partial charge in [0.1, 0.15) is 0 Å². The van der Waals surface area contributed by atoms with E-state index in [4.69, 9.17) is 16.3 Å². The molecular weight excluding hydrogens is 212 g/mol. The number of alkyl halides is 1. The molecule has 15 heavy (non-hydrogen) atoms. The summed E-state index contributed by atoms with van der Waals surface area (Å²) in [5.74, 6) is 1.12. The van der Waals surface area contributed by atoms with Gasteiger partial charge in [0.15, 0.2) is 0 Å². The van der Waals surface area contributed by atoms with Gasteiger partial charge < -0.3 is 4.74 Å². The van der Waals surface area contributed by atoms with E-state index in [0.717, 1.165) is 26.0 Å². The highest BCUT2D eigenvalue weighted by molar-refractivity contribution is 6.18. The van der Waals surface area contributed by atoms with E-state index >= 15 is 0 Å². The lowest BCUT2D eigenvalue weighted by atomic mass is 10.00. The quantitative estimate of drug-likeness (QED) is 0.741. The van der Waals surface area contributed by atoms with Gasteiger partial charge in [0.25, 0.3) is 0 Å². The lowest BCUT2D eigenvalue weighted by Gasteiger charge is -2.13. The molecule has 0 aromatic carbocycles. The molecule has 84 valence electrons. The Bertz CT molecular complexity index is 313. The van der Waals surface area contributed by atoms with Crippen LogP contribution in [0, 0.1) is 5.92 Å². The summed E-state index contributed by atoms with van der Waals surface area (Å²) < 4.78 is 7.67. The van der Waals surface area contributed by atoms with Gasteiger partial charge >= 0.3 is 0 Å². The Morgan fingerprint density at radius 2 is 2.53 bits per heavy atom. The van der Waals surface area contributed by atoms with E-state index in [9.17, 15) is 0 Å². The van der Waals surface area contributed by atoms with Crippen LogP contribution >= 0.6 is 11.6 Å². The standard InChI is InChI=1S/C11H17ClN2O/c1-2-4-14-8-10(7-13-14)11-9(6-12)3-5-15-11/h7-9,11H,2-6H2,1H3. The number of ether oxygens (including phenoxy) is 1. The van der Waals surface area contributed by atoms with Crippen LogP contribution in [0.15, 0.2) is 12.4 Å². The molecule has 2 atom stereocenters. The second-order valence-corrected chi connectivity index (χ2v) is 4.34. The molecule has 0 amide bonds. The first kappa shape index (κ1) is 11.0. The van der Waals surface area contributed by atoms with Crippen molar-refractivity contribution in [2.24, 2.45) is 5.92 Å². The minimum atomic E-state index is 0.160. The zero-order valence-electron chi connectivity index (χ0n) is 9.03. The number of halogens is 1. The summed E-state index contributed by atoms with van der Waals surface area (Å²) in [7, 11) is 0. The van der Waals surface area contributed by atoms with Crippen LogP contribution in [0.5, 0.6) is 0 Å².